The van der Waals surface area contributed by atoms with Crippen LogP contribution in [0.5, 0.6) is 0 Å². The molecule has 0 aliphatic carbocycles. The van der Waals surface area contributed by atoms with Gasteiger partial charge in [-0.2, -0.15) is 0 Å². The van der Waals surface area contributed by atoms with Crippen molar-refractivity contribution in [3.8, 4) is 0 Å². The van der Waals surface area contributed by atoms with Gasteiger partial charge in [-0.3, -0.25) is 0 Å². The van der Waals surface area contributed by atoms with E-state index in [1.54, 1.807) is 11.8 Å². The highest BCUT2D eigenvalue weighted by Gasteiger charge is 2.28. The first-order valence-corrected chi connectivity index (χ1v) is 9.53. The van der Waals surface area contributed by atoms with Crippen LogP contribution < -0.4 is 5.32 Å². The number of nitrogens with zero attached hydrogens (tertiary/aromatic N) is 3. The van der Waals surface area contributed by atoms with Crippen LogP contribution in [0.1, 0.15) is 23.6 Å². The van der Waals surface area contributed by atoms with Crippen molar-refractivity contribution in [2.24, 2.45) is 0 Å². The van der Waals surface area contributed by atoms with Crippen LogP contribution in [-0.4, -0.2) is 39.3 Å². The van der Waals surface area contributed by atoms with Crippen molar-refractivity contribution in [3.63, 3.8) is 0 Å². The number of nitrogens with one attached hydrogen (secondary N) is 1. The molecular weight excluding hydrogens is 344 g/mol. The summed E-state index contributed by atoms with van der Waals surface area (Å²) in [6.45, 7) is 2.96. The number of benzene rings is 1. The number of aromatic nitrogens is 2. The number of amides is 2. The van der Waals surface area contributed by atoms with E-state index in [2.05, 4.69) is 20.9 Å². The molecule has 2 amide bonds. The lowest BCUT2D eigenvalue weighted by atomic mass is 9.98. The number of carbonyl (C=O) groups is 1. The maximum absolute atomic E-state index is 12.4. The second-order valence-electron chi connectivity index (χ2n) is 6.17. The number of likely N-dealkylation sites (tertiary alicyclic amines) is 1. The number of hydrogen-bond donors (Lipinski definition) is 1. The van der Waals surface area contributed by atoms with Crippen LogP contribution >= 0.6 is 23.4 Å². The SMILES string of the molecule is O=C(NCc1cn2c(n1)SCC2)N1CCC(c2ccccc2Cl)C1. The number of hydrogen-bond acceptors (Lipinski definition) is 3. The van der Waals surface area contributed by atoms with E-state index in [1.807, 2.05) is 29.3 Å². The molecule has 1 fully saturated rings. The number of fused-ring (bicyclic) bond motifs is 1. The summed E-state index contributed by atoms with van der Waals surface area (Å²) in [7, 11) is 0. The summed E-state index contributed by atoms with van der Waals surface area (Å²) in [4.78, 5) is 18.8. The van der Waals surface area contributed by atoms with Crippen molar-refractivity contribution < 1.29 is 4.79 Å². The minimum Gasteiger partial charge on any atom is -0.332 e. The molecule has 0 radical (unpaired) electrons. The third-order valence-electron chi connectivity index (χ3n) is 4.59. The quantitative estimate of drug-likeness (QED) is 0.911. The van der Waals surface area contributed by atoms with Crippen LogP contribution in [0.4, 0.5) is 4.79 Å². The van der Waals surface area contributed by atoms with E-state index in [4.69, 9.17) is 11.6 Å². The molecule has 1 aromatic carbocycles. The minimum absolute atomic E-state index is 0.0228. The Hall–Kier alpha value is -1.66. The topological polar surface area (TPSA) is 50.2 Å². The Morgan fingerprint density at radius 2 is 2.25 bits per heavy atom. The third-order valence-corrected chi connectivity index (χ3v) is 5.91. The van der Waals surface area contributed by atoms with Gasteiger partial charge in [0.25, 0.3) is 0 Å². The van der Waals surface area contributed by atoms with Crippen molar-refractivity contribution >= 4 is 29.4 Å². The van der Waals surface area contributed by atoms with Crippen LogP contribution in [-0.2, 0) is 13.1 Å². The fourth-order valence-electron chi connectivity index (χ4n) is 3.33. The Bertz CT molecular complexity index is 741. The van der Waals surface area contributed by atoms with Crippen LogP contribution in [0, 0.1) is 0 Å². The fourth-order valence-corrected chi connectivity index (χ4v) is 4.58. The molecule has 7 heteroatoms. The fraction of sp³-hybridized carbons (Fsp3) is 0.412. The highest BCUT2D eigenvalue weighted by Crippen LogP contribution is 2.32. The number of carbonyl (C=O) groups excluding carboxylic acids is 1. The molecule has 126 valence electrons. The number of urea groups is 1. The van der Waals surface area contributed by atoms with Gasteiger partial charge in [-0.05, 0) is 18.1 Å². The summed E-state index contributed by atoms with van der Waals surface area (Å²) in [6.07, 6.45) is 2.98. The van der Waals surface area contributed by atoms with Gasteiger partial charge >= 0.3 is 6.03 Å². The largest absolute Gasteiger partial charge is 0.332 e. The van der Waals surface area contributed by atoms with E-state index in [1.165, 1.54) is 0 Å². The van der Waals surface area contributed by atoms with Crippen LogP contribution in [0.25, 0.3) is 0 Å². The molecule has 1 N–H and O–H groups in total. The molecule has 4 rings (SSSR count). The first-order valence-electron chi connectivity index (χ1n) is 8.17. The molecule has 3 heterocycles. The Morgan fingerprint density at radius 3 is 3.08 bits per heavy atom. The zero-order valence-corrected chi connectivity index (χ0v) is 14.8. The lowest BCUT2D eigenvalue weighted by molar-refractivity contribution is 0.207. The van der Waals surface area contributed by atoms with E-state index in [0.29, 0.717) is 19.0 Å². The molecule has 1 saturated heterocycles. The standard InChI is InChI=1S/C17H19ClN4OS/c18-15-4-2-1-3-14(15)12-5-6-21(10-12)16(23)19-9-13-11-22-7-8-24-17(22)20-13/h1-4,11-12H,5-10H2,(H,19,23). The molecule has 2 aliphatic heterocycles. The molecule has 2 aliphatic rings. The van der Waals surface area contributed by atoms with Gasteiger partial charge in [0.1, 0.15) is 0 Å². The van der Waals surface area contributed by atoms with Crippen molar-refractivity contribution in [2.75, 3.05) is 18.8 Å². The monoisotopic (exact) mass is 362 g/mol. The molecule has 1 aromatic heterocycles. The maximum atomic E-state index is 12.4. The molecule has 2 aromatic rings. The molecule has 1 atom stereocenters. The lowest BCUT2D eigenvalue weighted by Crippen LogP contribution is -2.38. The van der Waals surface area contributed by atoms with Gasteiger partial charge in [-0.25, -0.2) is 9.78 Å². The van der Waals surface area contributed by atoms with E-state index >= 15 is 0 Å². The normalized spacial score (nSPS) is 19.5. The number of halogens is 1. The number of rotatable bonds is 3. The van der Waals surface area contributed by atoms with E-state index in [9.17, 15) is 4.79 Å². The Labute approximate surface area is 150 Å². The van der Waals surface area contributed by atoms with Gasteiger partial charge < -0.3 is 14.8 Å². The summed E-state index contributed by atoms with van der Waals surface area (Å²) in [6, 6.07) is 7.88. The molecule has 0 spiro atoms. The molecule has 0 saturated carbocycles. The van der Waals surface area contributed by atoms with Gasteiger partial charge in [0.15, 0.2) is 5.16 Å². The zero-order valence-electron chi connectivity index (χ0n) is 13.2. The molecular formula is C17H19ClN4OS. The zero-order chi connectivity index (χ0) is 16.5. The second-order valence-corrected chi connectivity index (χ2v) is 7.64. The Kier molecular flexibility index (Phi) is 4.41. The maximum Gasteiger partial charge on any atom is 0.317 e. The summed E-state index contributed by atoms with van der Waals surface area (Å²) in [5.41, 5.74) is 2.06. The lowest BCUT2D eigenvalue weighted by Gasteiger charge is -2.17. The first kappa shape index (κ1) is 15.8. The van der Waals surface area contributed by atoms with E-state index in [0.717, 1.165) is 46.7 Å². The third kappa shape index (κ3) is 3.13. The van der Waals surface area contributed by atoms with Crippen molar-refractivity contribution in [1.29, 1.82) is 0 Å². The first-order chi connectivity index (χ1) is 11.7. The highest BCUT2D eigenvalue weighted by atomic mass is 35.5. The second kappa shape index (κ2) is 6.69. The Morgan fingerprint density at radius 1 is 1.38 bits per heavy atom. The summed E-state index contributed by atoms with van der Waals surface area (Å²) >= 11 is 8.04. The van der Waals surface area contributed by atoms with Crippen molar-refractivity contribution in [1.82, 2.24) is 19.8 Å². The van der Waals surface area contributed by atoms with Gasteiger partial charge in [-0.15, -0.1) is 0 Å². The summed E-state index contributed by atoms with van der Waals surface area (Å²) < 4.78 is 2.15. The van der Waals surface area contributed by atoms with Crippen LogP contribution in [0.2, 0.25) is 5.02 Å². The van der Waals surface area contributed by atoms with Gasteiger partial charge in [0.2, 0.25) is 0 Å². The van der Waals surface area contributed by atoms with Crippen molar-refractivity contribution in [2.45, 2.75) is 30.6 Å². The average Bonchev–Trinajstić information content (AvgIpc) is 3.28. The van der Waals surface area contributed by atoms with E-state index in [-0.39, 0.29) is 6.03 Å². The molecule has 24 heavy (non-hydrogen) atoms. The van der Waals surface area contributed by atoms with Gasteiger partial charge in [-0.1, -0.05) is 41.6 Å². The molecule has 1 unspecified atom stereocenters. The van der Waals surface area contributed by atoms with Gasteiger partial charge in [0, 0.05) is 42.5 Å². The number of thioether (sulfide) groups is 1. The number of imidazole rings is 1. The molecule has 5 nitrogen and oxygen atoms in total. The Balaban J connectivity index is 1.33. The van der Waals surface area contributed by atoms with Crippen LogP contribution in [0.3, 0.4) is 0 Å². The van der Waals surface area contributed by atoms with Crippen LogP contribution in [0.15, 0.2) is 35.6 Å². The number of aryl methyl sites for hydroxylation is 1. The summed E-state index contributed by atoms with van der Waals surface area (Å²) in [5, 5.41) is 4.83. The van der Waals surface area contributed by atoms with Crippen molar-refractivity contribution in [3.05, 3.63) is 46.7 Å². The molecule has 0 bridgehead atoms. The van der Waals surface area contributed by atoms with E-state index < -0.39 is 0 Å². The minimum atomic E-state index is -0.0228. The smallest absolute Gasteiger partial charge is 0.317 e. The highest BCUT2D eigenvalue weighted by molar-refractivity contribution is 7.99. The van der Waals surface area contributed by atoms with Gasteiger partial charge in [0.05, 0.1) is 12.2 Å². The predicted octanol–water partition coefficient (Wildman–Crippen LogP) is 3.34. The summed E-state index contributed by atoms with van der Waals surface area (Å²) in [5.74, 6) is 1.41. The predicted molar refractivity (Wildman–Crippen MR) is 95.6 cm³/mol. The average molecular weight is 363 g/mol.